The molecule has 0 spiro atoms. The lowest BCUT2D eigenvalue weighted by molar-refractivity contribution is 0.101. The third-order valence-electron chi connectivity index (χ3n) is 3.66. The van der Waals surface area contributed by atoms with Crippen LogP contribution in [0.2, 0.25) is 0 Å². The number of Topliss-reactive ketones (excluding diaryl/α,β-unsaturated/α-hetero) is 1. The quantitative estimate of drug-likeness (QED) is 0.632. The van der Waals surface area contributed by atoms with Crippen LogP contribution < -0.4 is 20.1 Å². The van der Waals surface area contributed by atoms with Crippen molar-refractivity contribution >= 4 is 23.6 Å². The number of urea groups is 1. The maximum absolute atomic E-state index is 11.8. The first-order valence-corrected chi connectivity index (χ1v) is 8.03. The van der Waals surface area contributed by atoms with E-state index in [-0.39, 0.29) is 18.6 Å². The highest BCUT2D eigenvalue weighted by atomic mass is 16.7. The largest absolute Gasteiger partial charge is 0.454 e. The molecule has 0 radical (unpaired) electrons. The van der Waals surface area contributed by atoms with Gasteiger partial charge in [0.1, 0.15) is 0 Å². The average Bonchev–Trinajstić information content (AvgIpc) is 3.09. The van der Waals surface area contributed by atoms with Gasteiger partial charge in [0.25, 0.3) is 0 Å². The molecule has 0 atom stereocenters. The smallest absolute Gasteiger partial charge is 0.323 e. The fourth-order valence-electron chi connectivity index (χ4n) is 2.32. The van der Waals surface area contributed by atoms with E-state index >= 15 is 0 Å². The van der Waals surface area contributed by atoms with Crippen molar-refractivity contribution in [1.29, 1.82) is 0 Å². The normalized spacial score (nSPS) is 12.5. The molecular formula is C20H18N2O4. The maximum Gasteiger partial charge on any atom is 0.323 e. The van der Waals surface area contributed by atoms with Crippen LogP contribution >= 0.6 is 0 Å². The Morgan fingerprint density at radius 2 is 1.77 bits per heavy atom. The number of fused-ring (bicyclic) bond motifs is 1. The fourth-order valence-corrected chi connectivity index (χ4v) is 2.32. The van der Waals surface area contributed by atoms with E-state index < -0.39 is 0 Å². The highest BCUT2D eigenvalue weighted by molar-refractivity contribution is 5.95. The second kappa shape index (κ2) is 8.02. The predicted molar refractivity (Wildman–Crippen MR) is 99.3 cm³/mol. The Balaban J connectivity index is 1.47. The number of allylic oxidation sites excluding steroid dienone is 2. The van der Waals surface area contributed by atoms with Gasteiger partial charge in [-0.1, -0.05) is 18.2 Å². The minimum absolute atomic E-state index is 0.0156. The Kier molecular flexibility index (Phi) is 5.34. The van der Waals surface area contributed by atoms with Crippen LogP contribution in [0.4, 0.5) is 10.5 Å². The Morgan fingerprint density at radius 1 is 1.00 bits per heavy atom. The van der Waals surface area contributed by atoms with Gasteiger partial charge in [-0.15, -0.1) is 0 Å². The first-order chi connectivity index (χ1) is 12.6. The molecule has 6 heteroatoms. The van der Waals surface area contributed by atoms with Crippen LogP contribution in [-0.4, -0.2) is 18.6 Å². The minimum atomic E-state index is -0.367. The first kappa shape index (κ1) is 17.3. The second-order valence-electron chi connectivity index (χ2n) is 5.56. The fraction of sp³-hybridized carbons (Fsp3) is 0.100. The number of rotatable bonds is 5. The van der Waals surface area contributed by atoms with E-state index in [4.69, 9.17) is 9.47 Å². The van der Waals surface area contributed by atoms with Crippen LogP contribution in [0.3, 0.4) is 0 Å². The van der Waals surface area contributed by atoms with Crippen molar-refractivity contribution in [2.75, 3.05) is 12.1 Å². The van der Waals surface area contributed by atoms with Crippen LogP contribution in [0, 0.1) is 0 Å². The molecule has 0 aromatic heterocycles. The molecular weight excluding hydrogens is 332 g/mol. The van der Waals surface area contributed by atoms with E-state index in [9.17, 15) is 9.59 Å². The van der Waals surface area contributed by atoms with E-state index in [1.54, 1.807) is 36.4 Å². The van der Waals surface area contributed by atoms with Crippen LogP contribution in [-0.2, 0) is 0 Å². The summed E-state index contributed by atoms with van der Waals surface area (Å²) in [6.07, 6.45) is 6.93. The van der Waals surface area contributed by atoms with Crippen molar-refractivity contribution in [2.45, 2.75) is 6.92 Å². The molecule has 1 heterocycles. The molecule has 2 N–H and O–H groups in total. The van der Waals surface area contributed by atoms with Crippen molar-refractivity contribution < 1.29 is 19.1 Å². The summed E-state index contributed by atoms with van der Waals surface area (Å²) in [6.45, 7) is 1.75. The molecule has 0 aliphatic carbocycles. The number of amides is 2. The zero-order valence-corrected chi connectivity index (χ0v) is 14.2. The van der Waals surface area contributed by atoms with E-state index in [0.29, 0.717) is 11.3 Å². The van der Waals surface area contributed by atoms with Gasteiger partial charge >= 0.3 is 6.03 Å². The molecule has 132 valence electrons. The topological polar surface area (TPSA) is 76.7 Å². The summed E-state index contributed by atoms with van der Waals surface area (Å²) in [5.74, 6) is 1.45. The summed E-state index contributed by atoms with van der Waals surface area (Å²) in [4.78, 5) is 23.0. The number of carbonyl (C=O) groups excluding carboxylic acids is 2. The molecule has 0 saturated carbocycles. The Labute approximate surface area is 151 Å². The Bertz CT molecular complexity index is 870. The van der Waals surface area contributed by atoms with Crippen LogP contribution in [0.1, 0.15) is 22.8 Å². The summed E-state index contributed by atoms with van der Waals surface area (Å²) in [5.41, 5.74) is 2.18. The summed E-state index contributed by atoms with van der Waals surface area (Å²) in [5, 5.41) is 5.28. The highest BCUT2D eigenvalue weighted by Crippen LogP contribution is 2.32. The van der Waals surface area contributed by atoms with Gasteiger partial charge in [-0.2, -0.15) is 0 Å². The number of nitrogens with one attached hydrogen (secondary N) is 2. The average molecular weight is 350 g/mol. The number of hydrogen-bond acceptors (Lipinski definition) is 4. The number of benzene rings is 2. The summed E-state index contributed by atoms with van der Waals surface area (Å²) in [6, 6.07) is 12.0. The third-order valence-corrected chi connectivity index (χ3v) is 3.66. The SMILES string of the molecule is CC(=O)c1ccc(NC(=O)N/C=C/C=C/c2ccc3c(c2)OCO3)cc1. The summed E-state index contributed by atoms with van der Waals surface area (Å²) in [7, 11) is 0. The van der Waals surface area contributed by atoms with Gasteiger partial charge in [-0.3, -0.25) is 4.79 Å². The molecule has 0 unspecified atom stereocenters. The van der Waals surface area contributed by atoms with E-state index in [2.05, 4.69) is 10.6 Å². The molecule has 6 nitrogen and oxygen atoms in total. The van der Waals surface area contributed by atoms with Gasteiger partial charge in [0.2, 0.25) is 6.79 Å². The number of ether oxygens (including phenoxy) is 2. The maximum atomic E-state index is 11.8. The molecule has 2 aromatic carbocycles. The van der Waals surface area contributed by atoms with Crippen molar-refractivity contribution in [1.82, 2.24) is 5.32 Å². The van der Waals surface area contributed by atoms with E-state index in [1.807, 2.05) is 24.3 Å². The standard InChI is InChI=1S/C20H18N2O4/c1-14(23)16-6-8-17(9-7-16)22-20(24)21-11-3-2-4-15-5-10-18-19(12-15)26-13-25-18/h2-12H,13H2,1H3,(H2,21,22,24)/b4-2+,11-3+. The van der Waals surface area contributed by atoms with Gasteiger partial charge < -0.3 is 20.1 Å². The lowest BCUT2D eigenvalue weighted by atomic mass is 10.1. The monoisotopic (exact) mass is 350 g/mol. The molecule has 1 aliphatic rings. The molecule has 2 amide bonds. The molecule has 0 bridgehead atoms. The molecule has 26 heavy (non-hydrogen) atoms. The van der Waals surface area contributed by atoms with Crippen molar-refractivity contribution in [3.05, 3.63) is 71.9 Å². The van der Waals surface area contributed by atoms with Crippen LogP contribution in [0.15, 0.2) is 60.8 Å². The minimum Gasteiger partial charge on any atom is -0.454 e. The highest BCUT2D eigenvalue weighted by Gasteiger charge is 2.11. The zero-order valence-electron chi connectivity index (χ0n) is 14.2. The molecule has 0 saturated heterocycles. The summed E-state index contributed by atoms with van der Waals surface area (Å²) >= 11 is 0. The number of hydrogen-bond donors (Lipinski definition) is 2. The number of anilines is 1. The van der Waals surface area contributed by atoms with Crippen molar-refractivity contribution in [2.24, 2.45) is 0 Å². The van der Waals surface area contributed by atoms with E-state index in [1.165, 1.54) is 13.1 Å². The second-order valence-corrected chi connectivity index (χ2v) is 5.56. The predicted octanol–water partition coefficient (Wildman–Crippen LogP) is 3.97. The third kappa shape index (κ3) is 4.51. The Morgan fingerprint density at radius 3 is 2.54 bits per heavy atom. The van der Waals surface area contributed by atoms with Crippen LogP contribution in [0.5, 0.6) is 11.5 Å². The first-order valence-electron chi connectivity index (χ1n) is 8.03. The lowest BCUT2D eigenvalue weighted by Crippen LogP contribution is -2.23. The van der Waals surface area contributed by atoms with Gasteiger partial charge in [0.05, 0.1) is 0 Å². The van der Waals surface area contributed by atoms with Crippen LogP contribution in [0.25, 0.3) is 6.08 Å². The summed E-state index contributed by atoms with van der Waals surface area (Å²) < 4.78 is 10.6. The van der Waals surface area contributed by atoms with Gasteiger partial charge in [0.15, 0.2) is 17.3 Å². The zero-order chi connectivity index (χ0) is 18.4. The molecule has 1 aliphatic heterocycles. The van der Waals surface area contributed by atoms with E-state index in [0.717, 1.165) is 17.1 Å². The number of carbonyl (C=O) groups is 2. The molecule has 2 aromatic rings. The van der Waals surface area contributed by atoms with Crippen molar-refractivity contribution in [3.8, 4) is 11.5 Å². The molecule has 0 fully saturated rings. The van der Waals surface area contributed by atoms with Gasteiger partial charge in [-0.25, -0.2) is 4.79 Å². The van der Waals surface area contributed by atoms with Gasteiger partial charge in [-0.05, 0) is 55.0 Å². The number of ketones is 1. The lowest BCUT2D eigenvalue weighted by Gasteiger charge is -2.04. The van der Waals surface area contributed by atoms with Crippen molar-refractivity contribution in [3.63, 3.8) is 0 Å². The Hall–Kier alpha value is -3.54. The molecule has 3 rings (SSSR count). The van der Waals surface area contributed by atoms with Gasteiger partial charge in [0, 0.05) is 17.5 Å².